The second kappa shape index (κ2) is 7.11. The van der Waals surface area contributed by atoms with Gasteiger partial charge in [0.2, 0.25) is 0 Å². The van der Waals surface area contributed by atoms with Crippen LogP contribution in [0.25, 0.3) is 0 Å². The summed E-state index contributed by atoms with van der Waals surface area (Å²) in [6.45, 7) is 6.41. The smallest absolute Gasteiger partial charge is 0.410 e. The summed E-state index contributed by atoms with van der Waals surface area (Å²) in [5.74, 6) is 0. The lowest BCUT2D eigenvalue weighted by atomic mass is 9.71. The number of hydrogen-bond acceptors (Lipinski definition) is 4. The van der Waals surface area contributed by atoms with Crippen LogP contribution in [0, 0.1) is 5.41 Å². The Balaban J connectivity index is 2.07. The number of likely N-dealkylation sites (tertiary alicyclic amines) is 1. The number of amides is 1. The average molecular weight is 353 g/mol. The first-order valence-corrected chi connectivity index (χ1v) is 8.50. The summed E-state index contributed by atoms with van der Waals surface area (Å²) in [4.78, 5) is 25.6. The summed E-state index contributed by atoms with van der Waals surface area (Å²) in [5, 5.41) is 0.630. The van der Waals surface area contributed by atoms with Crippen molar-refractivity contribution < 1.29 is 14.3 Å². The first-order valence-electron chi connectivity index (χ1n) is 8.12. The number of nitrogens with zero attached hydrogens (tertiary/aromatic N) is 1. The van der Waals surface area contributed by atoms with Gasteiger partial charge in [-0.25, -0.2) is 4.79 Å². The number of carbonyl (C=O) groups excluding carboxylic acids is 2. The highest BCUT2D eigenvalue weighted by molar-refractivity contribution is 6.30. The van der Waals surface area contributed by atoms with E-state index in [-0.39, 0.29) is 6.09 Å². The topological polar surface area (TPSA) is 72.6 Å². The van der Waals surface area contributed by atoms with E-state index in [4.69, 9.17) is 22.1 Å². The molecule has 1 aliphatic rings. The maximum atomic E-state index is 12.2. The molecule has 2 rings (SSSR count). The van der Waals surface area contributed by atoms with Crippen molar-refractivity contribution in [2.24, 2.45) is 11.1 Å². The maximum Gasteiger partial charge on any atom is 0.410 e. The summed E-state index contributed by atoms with van der Waals surface area (Å²) in [6, 6.07) is 6.81. The van der Waals surface area contributed by atoms with Gasteiger partial charge < -0.3 is 20.2 Å². The Morgan fingerprint density at radius 3 is 2.29 bits per heavy atom. The van der Waals surface area contributed by atoms with Crippen molar-refractivity contribution in [3.8, 4) is 0 Å². The third kappa shape index (κ3) is 4.28. The zero-order chi connectivity index (χ0) is 18.0. The van der Waals surface area contributed by atoms with Gasteiger partial charge in [-0.1, -0.05) is 23.7 Å². The van der Waals surface area contributed by atoms with Crippen LogP contribution in [0.3, 0.4) is 0 Å². The Morgan fingerprint density at radius 1 is 1.29 bits per heavy atom. The molecule has 2 N–H and O–H groups in total. The Kier molecular flexibility index (Phi) is 5.56. The van der Waals surface area contributed by atoms with Gasteiger partial charge in [0.15, 0.2) is 0 Å². The van der Waals surface area contributed by atoms with Crippen molar-refractivity contribution in [3.05, 3.63) is 34.9 Å². The molecular weight excluding hydrogens is 328 g/mol. The molecule has 0 aromatic heterocycles. The second-order valence-electron chi connectivity index (χ2n) is 7.35. The minimum absolute atomic E-state index is 0.345. The molecule has 24 heavy (non-hydrogen) atoms. The van der Waals surface area contributed by atoms with Crippen LogP contribution in [-0.2, 0) is 9.53 Å². The predicted octanol–water partition coefficient (Wildman–Crippen LogP) is 3.56. The van der Waals surface area contributed by atoms with Gasteiger partial charge in [0.25, 0.3) is 0 Å². The number of hydrogen-bond donors (Lipinski definition) is 1. The third-order valence-electron chi connectivity index (χ3n) is 4.43. The molecular formula is C18H25ClN2O3. The van der Waals surface area contributed by atoms with E-state index < -0.39 is 17.1 Å². The molecule has 1 aromatic carbocycles. The van der Waals surface area contributed by atoms with Gasteiger partial charge in [0.05, 0.1) is 0 Å². The Bertz CT molecular complexity index is 587. The van der Waals surface area contributed by atoms with Gasteiger partial charge in [0.1, 0.15) is 11.9 Å². The minimum atomic E-state index is -0.674. The van der Waals surface area contributed by atoms with Crippen molar-refractivity contribution in [2.75, 3.05) is 13.1 Å². The van der Waals surface area contributed by atoms with E-state index in [1.165, 1.54) is 0 Å². The zero-order valence-corrected chi connectivity index (χ0v) is 15.2. The molecule has 0 radical (unpaired) electrons. The fraction of sp³-hybridized carbons (Fsp3) is 0.556. The van der Waals surface area contributed by atoms with Gasteiger partial charge in [-0.2, -0.15) is 0 Å². The lowest BCUT2D eigenvalue weighted by molar-refractivity contribution is -0.120. The number of rotatable bonds is 3. The number of nitrogens with two attached hydrogens (primary N) is 1. The molecule has 6 heteroatoms. The molecule has 1 amide bonds. The van der Waals surface area contributed by atoms with Crippen LogP contribution in [-0.4, -0.2) is 36.0 Å². The Hall–Kier alpha value is -1.59. The van der Waals surface area contributed by atoms with Gasteiger partial charge in [-0.3, -0.25) is 0 Å². The first kappa shape index (κ1) is 18.7. The Labute approximate surface area is 148 Å². The van der Waals surface area contributed by atoms with E-state index in [9.17, 15) is 9.59 Å². The largest absolute Gasteiger partial charge is 0.444 e. The van der Waals surface area contributed by atoms with Gasteiger partial charge >= 0.3 is 6.09 Å². The number of aldehydes is 1. The minimum Gasteiger partial charge on any atom is -0.444 e. The van der Waals surface area contributed by atoms with Gasteiger partial charge in [-0.05, 0) is 51.3 Å². The molecule has 1 unspecified atom stereocenters. The fourth-order valence-corrected chi connectivity index (χ4v) is 3.06. The molecule has 1 atom stereocenters. The molecule has 0 aliphatic carbocycles. The summed E-state index contributed by atoms with van der Waals surface area (Å²) in [5.41, 5.74) is 6.05. The van der Waals surface area contributed by atoms with Crippen LogP contribution < -0.4 is 5.73 Å². The number of carbonyl (C=O) groups is 2. The molecule has 1 aliphatic heterocycles. The van der Waals surface area contributed by atoms with E-state index in [1.54, 1.807) is 17.0 Å². The van der Waals surface area contributed by atoms with Crippen molar-refractivity contribution in [1.29, 1.82) is 0 Å². The molecule has 0 saturated carbocycles. The molecule has 0 bridgehead atoms. The van der Waals surface area contributed by atoms with E-state index in [0.717, 1.165) is 11.8 Å². The second-order valence-corrected chi connectivity index (χ2v) is 7.78. The third-order valence-corrected chi connectivity index (χ3v) is 4.68. The molecule has 0 spiro atoms. The SMILES string of the molecule is CC(C)(C)OC(=O)N1CCC(C=O)(C(N)c2ccc(Cl)cc2)CC1. The normalized spacial score (nSPS) is 18.8. The fourth-order valence-electron chi connectivity index (χ4n) is 2.94. The van der Waals surface area contributed by atoms with Crippen LogP contribution in [0.2, 0.25) is 5.02 Å². The van der Waals surface area contributed by atoms with Crippen LogP contribution in [0.4, 0.5) is 4.79 Å². The summed E-state index contributed by atoms with van der Waals surface area (Å²) >= 11 is 5.91. The van der Waals surface area contributed by atoms with Crippen LogP contribution in [0.15, 0.2) is 24.3 Å². The number of piperidine rings is 1. The highest BCUT2D eigenvalue weighted by Gasteiger charge is 2.42. The molecule has 1 fully saturated rings. The molecule has 1 saturated heterocycles. The summed E-state index contributed by atoms with van der Waals surface area (Å²) in [7, 11) is 0. The van der Waals surface area contributed by atoms with Crippen LogP contribution in [0.1, 0.15) is 45.2 Å². The highest BCUT2D eigenvalue weighted by Crippen LogP contribution is 2.40. The van der Waals surface area contributed by atoms with Crippen molar-refractivity contribution in [3.63, 3.8) is 0 Å². The quantitative estimate of drug-likeness (QED) is 0.844. The van der Waals surface area contributed by atoms with Gasteiger partial charge in [-0.15, -0.1) is 0 Å². The standard InChI is InChI=1S/C18H25ClN2O3/c1-17(2,3)24-16(23)21-10-8-18(12-22,9-11-21)15(20)13-4-6-14(19)7-5-13/h4-7,12,15H,8-11,20H2,1-3H3. The predicted molar refractivity (Wildman–Crippen MR) is 93.9 cm³/mol. The molecule has 1 heterocycles. The lowest BCUT2D eigenvalue weighted by Gasteiger charge is -2.42. The average Bonchev–Trinajstić information content (AvgIpc) is 2.53. The van der Waals surface area contributed by atoms with Crippen molar-refractivity contribution in [1.82, 2.24) is 4.90 Å². The van der Waals surface area contributed by atoms with Crippen LogP contribution in [0.5, 0.6) is 0 Å². The number of ether oxygens (including phenoxy) is 1. The van der Waals surface area contributed by atoms with Crippen molar-refractivity contribution >= 4 is 24.0 Å². The molecule has 132 valence electrons. The maximum absolute atomic E-state index is 12.2. The monoisotopic (exact) mass is 352 g/mol. The van der Waals surface area contributed by atoms with Gasteiger partial charge in [0, 0.05) is 29.6 Å². The number of benzene rings is 1. The summed E-state index contributed by atoms with van der Waals surface area (Å²) < 4.78 is 5.39. The number of halogens is 1. The Morgan fingerprint density at radius 2 is 1.83 bits per heavy atom. The zero-order valence-electron chi connectivity index (χ0n) is 14.4. The highest BCUT2D eigenvalue weighted by atomic mass is 35.5. The molecule has 1 aromatic rings. The van der Waals surface area contributed by atoms with E-state index in [0.29, 0.717) is 31.0 Å². The van der Waals surface area contributed by atoms with Crippen molar-refractivity contribution in [2.45, 2.75) is 45.3 Å². The molecule has 5 nitrogen and oxygen atoms in total. The van der Waals surface area contributed by atoms with Crippen LogP contribution >= 0.6 is 11.6 Å². The van der Waals surface area contributed by atoms with E-state index in [2.05, 4.69) is 0 Å². The summed E-state index contributed by atoms with van der Waals surface area (Å²) in [6.07, 6.45) is 1.62. The first-order chi connectivity index (χ1) is 11.2. The lowest BCUT2D eigenvalue weighted by Crippen LogP contribution is -2.49. The van der Waals surface area contributed by atoms with E-state index >= 15 is 0 Å². The van der Waals surface area contributed by atoms with E-state index in [1.807, 2.05) is 32.9 Å².